The molecular weight excluding hydrogens is 282 g/mol. The maximum atomic E-state index is 12.2. The molecule has 0 radical (unpaired) electrons. The molecule has 5 heteroatoms. The van der Waals surface area contributed by atoms with Crippen LogP contribution in [0.1, 0.15) is 37.7 Å². The Hall–Kier alpha value is -0.740. The zero-order chi connectivity index (χ0) is 13.7. The van der Waals surface area contributed by atoms with Gasteiger partial charge in [0, 0.05) is 11.6 Å². The number of benzene rings is 1. The first-order chi connectivity index (χ1) is 9.12. The zero-order valence-corrected chi connectivity index (χ0v) is 12.5. The van der Waals surface area contributed by atoms with Crippen molar-refractivity contribution < 1.29 is 8.42 Å². The van der Waals surface area contributed by atoms with Crippen LogP contribution in [0.15, 0.2) is 24.3 Å². The molecule has 0 aromatic heterocycles. The second kappa shape index (κ2) is 6.62. The van der Waals surface area contributed by atoms with Crippen molar-refractivity contribution in [1.29, 1.82) is 0 Å². The molecule has 1 saturated carbocycles. The number of halogens is 1. The van der Waals surface area contributed by atoms with Gasteiger partial charge in [-0.3, -0.25) is 4.72 Å². The van der Waals surface area contributed by atoms with Gasteiger partial charge in [0.15, 0.2) is 0 Å². The minimum Gasteiger partial charge on any atom is -0.283 e. The van der Waals surface area contributed by atoms with Crippen molar-refractivity contribution >= 4 is 27.3 Å². The van der Waals surface area contributed by atoms with Gasteiger partial charge in [-0.05, 0) is 43.4 Å². The third kappa shape index (κ3) is 4.11. The summed E-state index contributed by atoms with van der Waals surface area (Å²) in [5.41, 5.74) is 1.78. The van der Waals surface area contributed by atoms with E-state index in [1.165, 1.54) is 0 Å². The van der Waals surface area contributed by atoms with Crippen LogP contribution >= 0.6 is 11.6 Å². The predicted molar refractivity (Wildman–Crippen MR) is 80.3 cm³/mol. The Morgan fingerprint density at radius 1 is 1.26 bits per heavy atom. The van der Waals surface area contributed by atoms with Gasteiger partial charge >= 0.3 is 0 Å². The first kappa shape index (κ1) is 14.7. The lowest BCUT2D eigenvalue weighted by Crippen LogP contribution is -2.25. The summed E-state index contributed by atoms with van der Waals surface area (Å²) in [4.78, 5) is 0. The van der Waals surface area contributed by atoms with Crippen molar-refractivity contribution in [2.75, 3.05) is 10.6 Å². The maximum Gasteiger partial charge on any atom is 0.235 e. The van der Waals surface area contributed by atoms with E-state index in [1.54, 1.807) is 6.07 Å². The molecule has 0 atom stereocenters. The molecule has 0 bridgehead atoms. The predicted octanol–water partition coefficient (Wildman–Crippen LogP) is 3.54. The van der Waals surface area contributed by atoms with Gasteiger partial charge in [0.2, 0.25) is 10.0 Å². The molecular formula is C14H20ClNO2S. The molecule has 0 amide bonds. The van der Waals surface area contributed by atoms with E-state index in [2.05, 4.69) is 4.72 Å². The van der Waals surface area contributed by atoms with E-state index in [0.717, 1.165) is 44.1 Å². The standard InChI is InChI=1S/C14H20ClNO2S/c15-10-4-6-12-5-3-7-13(11-12)16-19(17,18)14-8-1-2-9-14/h3,5,7,11,14,16H,1-2,4,6,8-10H2. The van der Waals surface area contributed by atoms with Crippen molar-refractivity contribution in [3.8, 4) is 0 Å². The fraction of sp³-hybridized carbons (Fsp3) is 0.571. The van der Waals surface area contributed by atoms with Crippen molar-refractivity contribution in [1.82, 2.24) is 0 Å². The molecule has 0 saturated heterocycles. The third-order valence-electron chi connectivity index (χ3n) is 3.53. The van der Waals surface area contributed by atoms with Gasteiger partial charge in [-0.1, -0.05) is 25.0 Å². The van der Waals surface area contributed by atoms with Crippen molar-refractivity contribution in [2.24, 2.45) is 0 Å². The zero-order valence-electron chi connectivity index (χ0n) is 10.9. The van der Waals surface area contributed by atoms with E-state index >= 15 is 0 Å². The lowest BCUT2D eigenvalue weighted by atomic mass is 10.1. The number of rotatable bonds is 6. The first-order valence-corrected chi connectivity index (χ1v) is 8.86. The molecule has 0 heterocycles. The molecule has 106 valence electrons. The molecule has 1 aliphatic carbocycles. The van der Waals surface area contributed by atoms with Gasteiger partial charge in [-0.2, -0.15) is 0 Å². The molecule has 1 aromatic rings. The summed E-state index contributed by atoms with van der Waals surface area (Å²) >= 11 is 5.67. The average molecular weight is 302 g/mol. The fourth-order valence-electron chi connectivity index (χ4n) is 2.51. The summed E-state index contributed by atoms with van der Waals surface area (Å²) < 4.78 is 27.1. The summed E-state index contributed by atoms with van der Waals surface area (Å²) in [6.45, 7) is 0. The monoisotopic (exact) mass is 301 g/mol. The van der Waals surface area contributed by atoms with Crippen LogP contribution in [0.3, 0.4) is 0 Å². The summed E-state index contributed by atoms with van der Waals surface area (Å²) in [6, 6.07) is 7.59. The molecule has 1 aliphatic rings. The lowest BCUT2D eigenvalue weighted by Gasteiger charge is -2.14. The second-order valence-electron chi connectivity index (χ2n) is 5.05. The lowest BCUT2D eigenvalue weighted by molar-refractivity contribution is 0.585. The van der Waals surface area contributed by atoms with Gasteiger partial charge in [0.25, 0.3) is 0 Å². The van der Waals surface area contributed by atoms with Crippen LogP contribution < -0.4 is 4.72 Å². The van der Waals surface area contributed by atoms with Crippen molar-refractivity contribution in [3.63, 3.8) is 0 Å². The second-order valence-corrected chi connectivity index (χ2v) is 7.39. The van der Waals surface area contributed by atoms with Crippen molar-refractivity contribution in [3.05, 3.63) is 29.8 Å². The highest BCUT2D eigenvalue weighted by Gasteiger charge is 2.28. The van der Waals surface area contributed by atoms with E-state index in [-0.39, 0.29) is 5.25 Å². The van der Waals surface area contributed by atoms with Crippen LogP contribution in [-0.2, 0) is 16.4 Å². The van der Waals surface area contributed by atoms with Crippen LogP contribution in [0.25, 0.3) is 0 Å². The van der Waals surface area contributed by atoms with E-state index in [1.807, 2.05) is 18.2 Å². The number of sulfonamides is 1. The molecule has 0 aliphatic heterocycles. The van der Waals surface area contributed by atoms with E-state index in [9.17, 15) is 8.42 Å². The Balaban J connectivity index is 2.05. The van der Waals surface area contributed by atoms with Crippen LogP contribution in [0, 0.1) is 0 Å². The normalized spacial score (nSPS) is 16.7. The van der Waals surface area contributed by atoms with Crippen LogP contribution in [-0.4, -0.2) is 19.5 Å². The number of anilines is 1. The van der Waals surface area contributed by atoms with Crippen LogP contribution in [0.2, 0.25) is 0 Å². The topological polar surface area (TPSA) is 46.2 Å². The van der Waals surface area contributed by atoms with Crippen molar-refractivity contribution in [2.45, 2.75) is 43.8 Å². The largest absolute Gasteiger partial charge is 0.283 e. The Morgan fingerprint density at radius 2 is 2.00 bits per heavy atom. The van der Waals surface area contributed by atoms with E-state index < -0.39 is 10.0 Å². The quantitative estimate of drug-likeness (QED) is 0.817. The Labute approximate surface area is 120 Å². The van der Waals surface area contributed by atoms with Crippen LogP contribution in [0.5, 0.6) is 0 Å². The molecule has 0 spiro atoms. The minimum absolute atomic E-state index is 0.223. The first-order valence-electron chi connectivity index (χ1n) is 6.78. The molecule has 1 fully saturated rings. The number of hydrogen-bond donors (Lipinski definition) is 1. The SMILES string of the molecule is O=S(=O)(Nc1cccc(CCCCl)c1)C1CCCC1. The molecule has 0 unspecified atom stereocenters. The molecule has 1 aromatic carbocycles. The Kier molecular flexibility index (Phi) is 5.11. The van der Waals surface area contributed by atoms with Gasteiger partial charge in [-0.25, -0.2) is 8.42 Å². The highest BCUT2D eigenvalue weighted by Crippen LogP contribution is 2.26. The van der Waals surface area contributed by atoms with Gasteiger partial charge in [0.1, 0.15) is 0 Å². The number of hydrogen-bond acceptors (Lipinski definition) is 2. The smallest absolute Gasteiger partial charge is 0.235 e. The average Bonchev–Trinajstić information content (AvgIpc) is 2.91. The number of alkyl halides is 1. The number of aryl methyl sites for hydroxylation is 1. The highest BCUT2D eigenvalue weighted by atomic mass is 35.5. The highest BCUT2D eigenvalue weighted by molar-refractivity contribution is 7.93. The summed E-state index contributed by atoms with van der Waals surface area (Å²) in [5.74, 6) is 0.623. The summed E-state index contributed by atoms with van der Waals surface area (Å²) in [5, 5.41) is -0.223. The molecule has 3 nitrogen and oxygen atoms in total. The van der Waals surface area contributed by atoms with E-state index in [4.69, 9.17) is 11.6 Å². The van der Waals surface area contributed by atoms with Gasteiger partial charge in [0.05, 0.1) is 5.25 Å². The molecule has 2 rings (SSSR count). The third-order valence-corrected chi connectivity index (χ3v) is 5.66. The van der Waals surface area contributed by atoms with Gasteiger partial charge in [-0.15, -0.1) is 11.6 Å². The molecule has 19 heavy (non-hydrogen) atoms. The fourth-order valence-corrected chi connectivity index (χ4v) is 4.22. The summed E-state index contributed by atoms with van der Waals surface area (Å²) in [7, 11) is -3.23. The van der Waals surface area contributed by atoms with E-state index in [0.29, 0.717) is 11.6 Å². The Morgan fingerprint density at radius 3 is 2.68 bits per heavy atom. The number of nitrogens with one attached hydrogen (secondary N) is 1. The Bertz CT molecular complexity index is 510. The molecule has 1 N–H and O–H groups in total. The minimum atomic E-state index is -3.23. The van der Waals surface area contributed by atoms with Crippen LogP contribution in [0.4, 0.5) is 5.69 Å². The maximum absolute atomic E-state index is 12.2. The van der Waals surface area contributed by atoms with Gasteiger partial charge < -0.3 is 0 Å². The summed E-state index contributed by atoms with van der Waals surface area (Å²) in [6.07, 6.45) is 5.37.